The number of hydrogen-bond acceptors (Lipinski definition) is 6. The number of hydrogen-bond donors (Lipinski definition) is 1. The standard InChI is InChI=1S/C15H19N5O/c1-21-15-10-12(4-5-17-15)19-6-8-20(9-7-19)13-2-3-14(16)18-11-13/h2-5,10-11H,6-9H2,1H3,(H2,16,18). The molecule has 6 heteroatoms. The van der Waals surface area contributed by atoms with Gasteiger partial charge in [-0.1, -0.05) is 0 Å². The molecule has 2 aromatic heterocycles. The topological polar surface area (TPSA) is 67.5 Å². The Balaban J connectivity index is 1.65. The fraction of sp³-hybridized carbons (Fsp3) is 0.333. The normalized spacial score (nSPS) is 15.1. The van der Waals surface area contributed by atoms with Crippen LogP contribution in [0.25, 0.3) is 0 Å². The molecule has 21 heavy (non-hydrogen) atoms. The lowest BCUT2D eigenvalue weighted by Crippen LogP contribution is -2.46. The molecule has 110 valence electrons. The Morgan fingerprint density at radius 2 is 1.71 bits per heavy atom. The van der Waals surface area contributed by atoms with Gasteiger partial charge in [0.15, 0.2) is 0 Å². The molecule has 0 atom stereocenters. The predicted molar refractivity (Wildman–Crippen MR) is 83.9 cm³/mol. The summed E-state index contributed by atoms with van der Waals surface area (Å²) in [5.41, 5.74) is 7.90. The third-order valence-corrected chi connectivity index (χ3v) is 3.71. The lowest BCUT2D eigenvalue weighted by Gasteiger charge is -2.37. The van der Waals surface area contributed by atoms with Crippen LogP contribution in [0.1, 0.15) is 0 Å². The molecule has 0 unspecified atom stereocenters. The van der Waals surface area contributed by atoms with Crippen molar-refractivity contribution in [3.8, 4) is 5.88 Å². The smallest absolute Gasteiger partial charge is 0.214 e. The molecule has 0 spiro atoms. The van der Waals surface area contributed by atoms with Gasteiger partial charge in [-0.3, -0.25) is 0 Å². The fourth-order valence-corrected chi connectivity index (χ4v) is 2.51. The number of aromatic nitrogens is 2. The van der Waals surface area contributed by atoms with Crippen LogP contribution in [0.4, 0.5) is 17.2 Å². The van der Waals surface area contributed by atoms with Crippen molar-refractivity contribution < 1.29 is 4.74 Å². The average molecular weight is 285 g/mol. The second-order valence-electron chi connectivity index (χ2n) is 4.97. The molecule has 0 amide bonds. The van der Waals surface area contributed by atoms with Crippen molar-refractivity contribution in [2.45, 2.75) is 0 Å². The number of piperazine rings is 1. The number of anilines is 3. The van der Waals surface area contributed by atoms with E-state index in [-0.39, 0.29) is 0 Å². The maximum absolute atomic E-state index is 5.63. The second-order valence-corrected chi connectivity index (χ2v) is 4.97. The summed E-state index contributed by atoms with van der Waals surface area (Å²) < 4.78 is 5.18. The van der Waals surface area contributed by atoms with Crippen LogP contribution in [0.2, 0.25) is 0 Å². The predicted octanol–water partition coefficient (Wildman–Crippen LogP) is 1.39. The zero-order valence-corrected chi connectivity index (χ0v) is 12.1. The van der Waals surface area contributed by atoms with Crippen LogP contribution >= 0.6 is 0 Å². The van der Waals surface area contributed by atoms with Gasteiger partial charge in [0.1, 0.15) is 5.82 Å². The van der Waals surface area contributed by atoms with Crippen LogP contribution in [0.5, 0.6) is 5.88 Å². The number of ether oxygens (including phenoxy) is 1. The summed E-state index contributed by atoms with van der Waals surface area (Å²) >= 11 is 0. The van der Waals surface area contributed by atoms with Gasteiger partial charge in [0.25, 0.3) is 0 Å². The molecule has 0 bridgehead atoms. The maximum atomic E-state index is 5.63. The summed E-state index contributed by atoms with van der Waals surface area (Å²) in [6.45, 7) is 3.82. The Morgan fingerprint density at radius 1 is 1.00 bits per heavy atom. The van der Waals surface area contributed by atoms with Crippen LogP contribution in [-0.2, 0) is 0 Å². The number of nitrogens with two attached hydrogens (primary N) is 1. The van der Waals surface area contributed by atoms with Crippen molar-refractivity contribution in [3.05, 3.63) is 36.7 Å². The first kappa shape index (κ1) is 13.5. The minimum Gasteiger partial charge on any atom is -0.481 e. The molecule has 1 aliphatic heterocycles. The first-order valence-electron chi connectivity index (χ1n) is 6.98. The lowest BCUT2D eigenvalue weighted by molar-refractivity contribution is 0.398. The van der Waals surface area contributed by atoms with E-state index >= 15 is 0 Å². The Labute approximate surface area is 124 Å². The third-order valence-electron chi connectivity index (χ3n) is 3.71. The van der Waals surface area contributed by atoms with Gasteiger partial charge < -0.3 is 20.3 Å². The number of pyridine rings is 2. The summed E-state index contributed by atoms with van der Waals surface area (Å²) in [7, 11) is 1.64. The van der Waals surface area contributed by atoms with E-state index in [1.54, 1.807) is 13.3 Å². The minimum atomic E-state index is 0.557. The van der Waals surface area contributed by atoms with Crippen molar-refractivity contribution in [3.63, 3.8) is 0 Å². The average Bonchev–Trinajstić information content (AvgIpc) is 2.56. The molecule has 6 nitrogen and oxygen atoms in total. The van der Waals surface area contributed by atoms with Gasteiger partial charge in [0.2, 0.25) is 5.88 Å². The van der Waals surface area contributed by atoms with E-state index in [9.17, 15) is 0 Å². The second kappa shape index (κ2) is 5.87. The van der Waals surface area contributed by atoms with Crippen LogP contribution in [0, 0.1) is 0 Å². The minimum absolute atomic E-state index is 0.557. The van der Waals surface area contributed by atoms with E-state index in [0.29, 0.717) is 11.7 Å². The highest BCUT2D eigenvalue weighted by molar-refractivity contribution is 5.53. The zero-order chi connectivity index (χ0) is 14.7. The molecule has 2 N–H and O–H groups in total. The van der Waals surface area contributed by atoms with E-state index in [2.05, 4.69) is 19.8 Å². The first-order valence-corrected chi connectivity index (χ1v) is 6.98. The monoisotopic (exact) mass is 285 g/mol. The number of nitrogens with zero attached hydrogens (tertiary/aromatic N) is 4. The van der Waals surface area contributed by atoms with Crippen molar-refractivity contribution in [2.75, 3.05) is 48.8 Å². The van der Waals surface area contributed by atoms with Gasteiger partial charge in [0, 0.05) is 44.1 Å². The van der Waals surface area contributed by atoms with Crippen molar-refractivity contribution in [2.24, 2.45) is 0 Å². The van der Waals surface area contributed by atoms with Crippen molar-refractivity contribution >= 4 is 17.2 Å². The van der Waals surface area contributed by atoms with Crippen molar-refractivity contribution in [1.29, 1.82) is 0 Å². The summed E-state index contributed by atoms with van der Waals surface area (Å²) in [6, 6.07) is 7.85. The van der Waals surface area contributed by atoms with E-state index in [0.717, 1.165) is 37.6 Å². The largest absolute Gasteiger partial charge is 0.481 e. The molecule has 2 aromatic rings. The van der Waals surface area contributed by atoms with Gasteiger partial charge in [-0.05, 0) is 18.2 Å². The Kier molecular flexibility index (Phi) is 3.77. The Bertz CT molecular complexity index is 593. The molecule has 3 rings (SSSR count). The molecule has 0 saturated carbocycles. The summed E-state index contributed by atoms with van der Waals surface area (Å²) in [6.07, 6.45) is 3.62. The quantitative estimate of drug-likeness (QED) is 0.919. The maximum Gasteiger partial charge on any atom is 0.214 e. The number of rotatable bonds is 3. The molecule has 1 aliphatic rings. The van der Waals surface area contributed by atoms with Gasteiger partial charge in [-0.15, -0.1) is 0 Å². The van der Waals surface area contributed by atoms with Crippen LogP contribution in [-0.4, -0.2) is 43.3 Å². The summed E-state index contributed by atoms with van der Waals surface area (Å²) in [4.78, 5) is 13.0. The highest BCUT2D eigenvalue weighted by Crippen LogP contribution is 2.22. The molecule has 0 aliphatic carbocycles. The molecular weight excluding hydrogens is 266 g/mol. The fourth-order valence-electron chi connectivity index (χ4n) is 2.51. The van der Waals surface area contributed by atoms with Crippen LogP contribution < -0.4 is 20.3 Å². The van der Waals surface area contributed by atoms with E-state index in [1.165, 1.54) is 0 Å². The molecule has 1 fully saturated rings. The molecule has 0 radical (unpaired) electrons. The first-order chi connectivity index (χ1) is 10.3. The lowest BCUT2D eigenvalue weighted by atomic mass is 10.2. The zero-order valence-electron chi connectivity index (χ0n) is 12.1. The van der Waals surface area contributed by atoms with E-state index in [4.69, 9.17) is 10.5 Å². The van der Waals surface area contributed by atoms with Crippen molar-refractivity contribution in [1.82, 2.24) is 9.97 Å². The highest BCUT2D eigenvalue weighted by Gasteiger charge is 2.18. The highest BCUT2D eigenvalue weighted by atomic mass is 16.5. The van der Waals surface area contributed by atoms with Gasteiger partial charge >= 0.3 is 0 Å². The van der Waals surface area contributed by atoms with E-state index in [1.807, 2.05) is 30.5 Å². The number of methoxy groups -OCH3 is 1. The Hall–Kier alpha value is -2.50. The SMILES string of the molecule is COc1cc(N2CCN(c3ccc(N)nc3)CC2)ccn1. The molecular formula is C15H19N5O. The number of nitrogen functional groups attached to an aromatic ring is 1. The third kappa shape index (κ3) is 2.99. The Morgan fingerprint density at radius 3 is 2.33 bits per heavy atom. The van der Waals surface area contributed by atoms with Crippen LogP contribution in [0.3, 0.4) is 0 Å². The van der Waals surface area contributed by atoms with Gasteiger partial charge in [-0.2, -0.15) is 0 Å². The molecule has 0 aromatic carbocycles. The summed E-state index contributed by atoms with van der Waals surface area (Å²) in [5, 5.41) is 0. The summed E-state index contributed by atoms with van der Waals surface area (Å²) in [5.74, 6) is 1.21. The van der Waals surface area contributed by atoms with Gasteiger partial charge in [-0.25, -0.2) is 9.97 Å². The van der Waals surface area contributed by atoms with Crippen LogP contribution in [0.15, 0.2) is 36.7 Å². The van der Waals surface area contributed by atoms with Gasteiger partial charge in [0.05, 0.1) is 19.0 Å². The molecule has 1 saturated heterocycles. The molecule has 3 heterocycles. The van der Waals surface area contributed by atoms with E-state index < -0.39 is 0 Å².